The molecule has 34 heavy (non-hydrogen) atoms. The maximum atomic E-state index is 12.9. The Hall–Kier alpha value is -3.32. The van der Waals surface area contributed by atoms with Crippen LogP contribution in [0, 0.1) is 12.3 Å². The van der Waals surface area contributed by atoms with Crippen LogP contribution in [0.3, 0.4) is 0 Å². The summed E-state index contributed by atoms with van der Waals surface area (Å²) in [6.45, 7) is 0.955. The molecule has 182 valence electrons. The zero-order valence-electron chi connectivity index (χ0n) is 18.4. The number of carboxylic acid groups (broad SMARTS) is 1. The van der Waals surface area contributed by atoms with Gasteiger partial charge in [0.15, 0.2) is 0 Å². The van der Waals surface area contributed by atoms with Crippen LogP contribution < -0.4 is 22.3 Å². The van der Waals surface area contributed by atoms with Gasteiger partial charge in [0, 0.05) is 18.0 Å². The van der Waals surface area contributed by atoms with Gasteiger partial charge in [-0.2, -0.15) is 5.48 Å². The Labute approximate surface area is 196 Å². The van der Waals surface area contributed by atoms with Crippen LogP contribution in [0.5, 0.6) is 0 Å². The van der Waals surface area contributed by atoms with Crippen molar-refractivity contribution in [2.75, 3.05) is 6.54 Å². The second kappa shape index (κ2) is 9.89. The van der Waals surface area contributed by atoms with Crippen LogP contribution >= 0.6 is 0 Å². The Morgan fingerprint density at radius 2 is 1.82 bits per heavy atom. The number of aryl methyl sites for hydroxylation is 1. The molecule has 3 rings (SSSR count). The normalized spacial score (nSPS) is 19.8. The molecule has 0 bridgehead atoms. The van der Waals surface area contributed by atoms with Crippen molar-refractivity contribution in [3.8, 4) is 0 Å². The van der Waals surface area contributed by atoms with Gasteiger partial charge in [-0.05, 0) is 31.0 Å². The first-order chi connectivity index (χ1) is 15.9. The van der Waals surface area contributed by atoms with E-state index in [0.29, 0.717) is 12.0 Å². The first-order valence-electron chi connectivity index (χ1n) is 10.4. The molecule has 0 aliphatic carbocycles. The minimum atomic E-state index is -4.49. The summed E-state index contributed by atoms with van der Waals surface area (Å²) in [5.41, 5.74) is 16.2. The Kier molecular flexibility index (Phi) is 7.36. The molecule has 11 nitrogen and oxygen atoms in total. The van der Waals surface area contributed by atoms with Crippen molar-refractivity contribution >= 4 is 27.5 Å². The quantitative estimate of drug-likeness (QED) is 0.212. The molecule has 8 N–H and O–H groups in total. The lowest BCUT2D eigenvalue weighted by Crippen LogP contribution is -2.61. The van der Waals surface area contributed by atoms with Crippen LogP contribution in [0.1, 0.15) is 35.6 Å². The highest BCUT2D eigenvalue weighted by Gasteiger charge is 2.49. The number of hydrogen-bond donors (Lipinski definition) is 6. The Morgan fingerprint density at radius 3 is 2.38 bits per heavy atom. The number of nitrogens with one attached hydrogen (secondary N) is 3. The molecule has 1 heterocycles. The number of nitrogen functional groups attached to an aromatic ring is 1. The fraction of sp³-hybridized carbons (Fsp3) is 0.318. The number of amidine groups is 1. The molecule has 0 radical (unpaired) electrons. The predicted octanol–water partition coefficient (Wildman–Crippen LogP) is 0.333. The number of sulfone groups is 1. The average Bonchev–Trinajstić information content (AvgIpc) is 3.26. The minimum absolute atomic E-state index is 0.0479. The summed E-state index contributed by atoms with van der Waals surface area (Å²) in [4.78, 5) is 26.8. The molecule has 1 saturated heterocycles. The number of hydroxylamine groups is 1. The lowest BCUT2D eigenvalue weighted by Gasteiger charge is -2.25. The van der Waals surface area contributed by atoms with Crippen molar-refractivity contribution in [1.82, 2.24) is 10.8 Å². The van der Waals surface area contributed by atoms with Gasteiger partial charge in [0.25, 0.3) is 0 Å². The smallest absolute Gasteiger partial charge is 0.341 e. The van der Waals surface area contributed by atoms with Crippen LogP contribution in [0.4, 0.5) is 0 Å². The molecule has 0 aromatic heterocycles. The molecule has 2 aromatic rings. The number of amides is 1. The van der Waals surface area contributed by atoms with Crippen molar-refractivity contribution in [1.29, 1.82) is 5.41 Å². The molecule has 0 unspecified atom stereocenters. The number of rotatable bonds is 9. The molecule has 0 spiro atoms. The van der Waals surface area contributed by atoms with Crippen molar-refractivity contribution in [2.45, 2.75) is 41.7 Å². The Morgan fingerprint density at radius 1 is 1.21 bits per heavy atom. The lowest BCUT2D eigenvalue weighted by atomic mass is 10.0. The number of nitrogens with two attached hydrogens (primary N) is 2. The number of carbonyl (C=O) groups excluding carboxylic acids is 1. The van der Waals surface area contributed by atoms with E-state index >= 15 is 0 Å². The third-order valence-corrected chi connectivity index (χ3v) is 7.79. The molecule has 12 heteroatoms. The van der Waals surface area contributed by atoms with E-state index in [2.05, 4.69) is 10.8 Å². The van der Waals surface area contributed by atoms with Crippen LogP contribution in [0.2, 0.25) is 0 Å². The van der Waals surface area contributed by atoms with E-state index in [1.807, 2.05) is 0 Å². The highest BCUT2D eigenvalue weighted by Crippen LogP contribution is 2.28. The molecule has 1 fully saturated rings. The van der Waals surface area contributed by atoms with Crippen LogP contribution in [-0.2, 0) is 24.3 Å². The summed E-state index contributed by atoms with van der Waals surface area (Å²) in [6.07, 6.45) is 0.0251. The number of hydrogen-bond acceptors (Lipinski definition) is 8. The van der Waals surface area contributed by atoms with Gasteiger partial charge in [0.1, 0.15) is 11.9 Å². The van der Waals surface area contributed by atoms with E-state index in [9.17, 15) is 23.1 Å². The highest BCUT2D eigenvalue weighted by molar-refractivity contribution is 7.93. The number of carboxylic acids is 1. The van der Waals surface area contributed by atoms with Crippen molar-refractivity contribution < 1.29 is 28.0 Å². The summed E-state index contributed by atoms with van der Waals surface area (Å²) < 4.78 is 25.8. The van der Waals surface area contributed by atoms with Gasteiger partial charge in [-0.15, -0.1) is 0 Å². The van der Waals surface area contributed by atoms with Gasteiger partial charge in [-0.1, -0.05) is 42.0 Å². The van der Waals surface area contributed by atoms with Gasteiger partial charge in [-0.25, -0.2) is 13.2 Å². The number of benzene rings is 2. The maximum Gasteiger partial charge on any atom is 0.341 e. The predicted molar refractivity (Wildman–Crippen MR) is 123 cm³/mol. The van der Waals surface area contributed by atoms with Crippen LogP contribution in [0.15, 0.2) is 53.4 Å². The van der Waals surface area contributed by atoms with Crippen molar-refractivity contribution in [2.24, 2.45) is 11.5 Å². The van der Waals surface area contributed by atoms with Crippen molar-refractivity contribution in [3.63, 3.8) is 0 Å². The second-order valence-electron chi connectivity index (χ2n) is 8.18. The molecule has 0 saturated carbocycles. The van der Waals surface area contributed by atoms with Gasteiger partial charge in [-0.3, -0.25) is 15.0 Å². The molecule has 1 aliphatic rings. The van der Waals surface area contributed by atoms with Gasteiger partial charge < -0.3 is 21.9 Å². The number of carbonyl (C=O) groups is 2. The van der Waals surface area contributed by atoms with Gasteiger partial charge >= 0.3 is 5.97 Å². The Balaban J connectivity index is 1.61. The topological polar surface area (TPSA) is 198 Å². The summed E-state index contributed by atoms with van der Waals surface area (Å²) in [7, 11) is -4.49. The van der Waals surface area contributed by atoms with E-state index in [1.165, 1.54) is 24.3 Å². The summed E-state index contributed by atoms with van der Waals surface area (Å²) >= 11 is 0. The molecule has 1 amide bonds. The van der Waals surface area contributed by atoms with E-state index in [1.54, 1.807) is 31.2 Å². The third kappa shape index (κ3) is 5.25. The highest BCUT2D eigenvalue weighted by atomic mass is 32.2. The molecular weight excluding hydrogens is 462 g/mol. The van der Waals surface area contributed by atoms with Crippen molar-refractivity contribution in [3.05, 3.63) is 65.2 Å². The SMILES string of the molecule is Cc1ccc(S(=O)(=O)[C@@](N)(CNC(=O)C[C@@H]2C[C@H](c3ccc(C(=N)N)cc3)ON2)C(=O)O)cc1. The Bertz CT molecular complexity index is 1180. The molecular formula is C22H27N5O6S. The number of aliphatic carboxylic acids is 1. The second-order valence-corrected chi connectivity index (χ2v) is 10.4. The van der Waals surface area contributed by atoms with Crippen LogP contribution in [0.25, 0.3) is 0 Å². The van der Waals surface area contributed by atoms with E-state index in [4.69, 9.17) is 21.7 Å². The van der Waals surface area contributed by atoms with Crippen LogP contribution in [-0.4, -0.2) is 48.7 Å². The summed E-state index contributed by atoms with van der Waals surface area (Å²) in [6, 6.07) is 12.2. The van der Waals surface area contributed by atoms with E-state index < -0.39 is 33.1 Å². The molecule has 2 aromatic carbocycles. The largest absolute Gasteiger partial charge is 0.479 e. The summed E-state index contributed by atoms with van der Waals surface area (Å²) in [5.74, 6) is -2.40. The van der Waals surface area contributed by atoms with E-state index in [-0.39, 0.29) is 29.3 Å². The fourth-order valence-electron chi connectivity index (χ4n) is 3.48. The maximum absolute atomic E-state index is 12.9. The fourth-order valence-corrected chi connectivity index (χ4v) is 4.89. The zero-order chi connectivity index (χ0) is 25.1. The molecule has 3 atom stereocenters. The van der Waals surface area contributed by atoms with Gasteiger partial charge in [0.05, 0.1) is 11.4 Å². The molecule has 1 aliphatic heterocycles. The average molecular weight is 490 g/mol. The zero-order valence-corrected chi connectivity index (χ0v) is 19.3. The van der Waals surface area contributed by atoms with Gasteiger partial charge in [0.2, 0.25) is 20.6 Å². The summed E-state index contributed by atoms with van der Waals surface area (Å²) in [5, 5.41) is 19.4. The van der Waals surface area contributed by atoms with E-state index in [0.717, 1.165) is 11.1 Å². The first-order valence-corrected chi connectivity index (χ1v) is 11.9. The lowest BCUT2D eigenvalue weighted by molar-refractivity contribution is -0.140. The first kappa shape index (κ1) is 25.3. The monoisotopic (exact) mass is 489 g/mol. The standard InChI is InChI=1S/C22H27N5O6S/c1-13-2-8-17(9-3-13)34(31,32)22(25,21(29)30)12-26-19(28)11-16-10-18(33-27-16)14-4-6-15(7-5-14)20(23)24/h2-9,16,18,27H,10-12,25H2,1H3,(H3,23,24)(H,26,28)(H,29,30)/t16-,18+,22-/m0/s1. The minimum Gasteiger partial charge on any atom is -0.479 e. The third-order valence-electron chi connectivity index (χ3n) is 5.62.